The molecule has 2 atom stereocenters. The number of halogens is 1. The van der Waals surface area contributed by atoms with Gasteiger partial charge in [-0.1, -0.05) is 24.3 Å². The molecule has 0 saturated carbocycles. The Morgan fingerprint density at radius 1 is 1.29 bits per heavy atom. The lowest BCUT2D eigenvalue weighted by Gasteiger charge is -2.38. The highest BCUT2D eigenvalue weighted by Crippen LogP contribution is 2.25. The second-order valence-corrected chi connectivity index (χ2v) is 6.87. The van der Waals surface area contributed by atoms with Crippen molar-refractivity contribution in [3.05, 3.63) is 71.0 Å². The molecular formula is C22H25FN4O. The standard InChI is InChI=1S/C22H25FN4O/c1-3-25-22(26-13-18-6-4-5-17(11-18)12-24)27-14-16(2)28-21(15-27)19-7-9-20(23)10-8-19/h4-11,16,21H,3,13-15H2,1-2H3,(H,25,26). The molecule has 1 aliphatic rings. The zero-order valence-electron chi connectivity index (χ0n) is 16.2. The number of nitrogens with one attached hydrogen (secondary N) is 1. The summed E-state index contributed by atoms with van der Waals surface area (Å²) in [5.74, 6) is 0.561. The molecule has 1 heterocycles. The van der Waals surface area contributed by atoms with Crippen LogP contribution in [0.3, 0.4) is 0 Å². The lowest BCUT2D eigenvalue weighted by molar-refractivity contribution is -0.0605. The summed E-state index contributed by atoms with van der Waals surface area (Å²) >= 11 is 0. The summed E-state index contributed by atoms with van der Waals surface area (Å²) < 4.78 is 19.3. The highest BCUT2D eigenvalue weighted by Gasteiger charge is 2.28. The molecule has 0 radical (unpaired) electrons. The molecule has 146 valence electrons. The van der Waals surface area contributed by atoms with E-state index in [0.29, 0.717) is 18.7 Å². The van der Waals surface area contributed by atoms with E-state index in [4.69, 9.17) is 15.0 Å². The minimum atomic E-state index is -0.251. The molecule has 1 fully saturated rings. The van der Waals surface area contributed by atoms with Gasteiger partial charge in [0, 0.05) is 13.1 Å². The van der Waals surface area contributed by atoms with E-state index in [2.05, 4.69) is 16.3 Å². The summed E-state index contributed by atoms with van der Waals surface area (Å²) in [6.07, 6.45) is -0.121. The summed E-state index contributed by atoms with van der Waals surface area (Å²) in [6, 6.07) is 16.1. The van der Waals surface area contributed by atoms with E-state index in [9.17, 15) is 4.39 Å². The minimum Gasteiger partial charge on any atom is -0.367 e. The van der Waals surface area contributed by atoms with Crippen molar-refractivity contribution >= 4 is 5.96 Å². The number of rotatable bonds is 4. The Morgan fingerprint density at radius 2 is 2.07 bits per heavy atom. The topological polar surface area (TPSA) is 60.7 Å². The summed E-state index contributed by atoms with van der Waals surface area (Å²) in [6.45, 7) is 6.67. The first-order valence-electron chi connectivity index (χ1n) is 9.52. The predicted molar refractivity (Wildman–Crippen MR) is 107 cm³/mol. The van der Waals surface area contributed by atoms with E-state index in [0.717, 1.165) is 30.2 Å². The van der Waals surface area contributed by atoms with Gasteiger partial charge in [-0.3, -0.25) is 0 Å². The number of benzene rings is 2. The first-order chi connectivity index (χ1) is 13.6. The van der Waals surface area contributed by atoms with Gasteiger partial charge in [0.05, 0.1) is 30.8 Å². The number of nitriles is 1. The lowest BCUT2D eigenvalue weighted by atomic mass is 10.1. The third-order valence-corrected chi connectivity index (χ3v) is 4.60. The average Bonchev–Trinajstić information content (AvgIpc) is 2.71. The van der Waals surface area contributed by atoms with Crippen LogP contribution in [0, 0.1) is 17.1 Å². The molecule has 3 rings (SSSR count). The van der Waals surface area contributed by atoms with Crippen molar-refractivity contribution < 1.29 is 9.13 Å². The monoisotopic (exact) mass is 380 g/mol. The summed E-state index contributed by atoms with van der Waals surface area (Å²) in [4.78, 5) is 6.95. The van der Waals surface area contributed by atoms with Crippen LogP contribution in [0.5, 0.6) is 0 Å². The summed E-state index contributed by atoms with van der Waals surface area (Å²) in [7, 11) is 0. The zero-order chi connectivity index (χ0) is 19.9. The number of guanidine groups is 1. The molecule has 6 heteroatoms. The van der Waals surface area contributed by atoms with Crippen LogP contribution in [0.25, 0.3) is 0 Å². The van der Waals surface area contributed by atoms with E-state index in [1.807, 2.05) is 32.0 Å². The number of hydrogen-bond donors (Lipinski definition) is 1. The van der Waals surface area contributed by atoms with Gasteiger partial charge in [-0.05, 0) is 49.2 Å². The van der Waals surface area contributed by atoms with Gasteiger partial charge in [0.2, 0.25) is 0 Å². The first-order valence-corrected chi connectivity index (χ1v) is 9.52. The van der Waals surface area contributed by atoms with Gasteiger partial charge in [-0.25, -0.2) is 9.38 Å². The molecular weight excluding hydrogens is 355 g/mol. The Balaban J connectivity index is 1.77. The number of aliphatic imine (C=N–C) groups is 1. The Labute approximate surface area is 165 Å². The highest BCUT2D eigenvalue weighted by atomic mass is 19.1. The zero-order valence-corrected chi connectivity index (χ0v) is 16.2. The van der Waals surface area contributed by atoms with Crippen molar-refractivity contribution in [1.82, 2.24) is 10.2 Å². The minimum absolute atomic E-state index is 0.0228. The second-order valence-electron chi connectivity index (χ2n) is 6.87. The number of ether oxygens (including phenoxy) is 1. The Morgan fingerprint density at radius 3 is 2.79 bits per heavy atom. The first kappa shape index (κ1) is 19.8. The van der Waals surface area contributed by atoms with Gasteiger partial charge in [0.15, 0.2) is 5.96 Å². The molecule has 1 saturated heterocycles. The SMILES string of the molecule is CCNC(=NCc1cccc(C#N)c1)N1CC(C)OC(c2ccc(F)cc2)C1. The fourth-order valence-corrected chi connectivity index (χ4v) is 3.32. The number of hydrogen-bond acceptors (Lipinski definition) is 3. The third-order valence-electron chi connectivity index (χ3n) is 4.60. The van der Waals surface area contributed by atoms with Crippen LogP contribution in [0.15, 0.2) is 53.5 Å². The molecule has 0 spiro atoms. The van der Waals surface area contributed by atoms with Crippen LogP contribution < -0.4 is 5.32 Å². The number of nitrogens with zero attached hydrogens (tertiary/aromatic N) is 3. The van der Waals surface area contributed by atoms with E-state index < -0.39 is 0 Å². The van der Waals surface area contributed by atoms with Gasteiger partial charge in [0.1, 0.15) is 11.9 Å². The maximum absolute atomic E-state index is 13.3. The van der Waals surface area contributed by atoms with Crippen molar-refractivity contribution in [3.8, 4) is 6.07 Å². The summed E-state index contributed by atoms with van der Waals surface area (Å²) in [5.41, 5.74) is 2.58. The maximum Gasteiger partial charge on any atom is 0.194 e. The predicted octanol–water partition coefficient (Wildman–Crippen LogP) is 3.62. The molecule has 2 unspecified atom stereocenters. The molecule has 0 aliphatic carbocycles. The molecule has 1 aliphatic heterocycles. The third kappa shape index (κ3) is 5.08. The van der Waals surface area contributed by atoms with Crippen LogP contribution in [-0.2, 0) is 11.3 Å². The van der Waals surface area contributed by atoms with Crippen molar-refractivity contribution in [1.29, 1.82) is 5.26 Å². The Hall–Kier alpha value is -2.91. The van der Waals surface area contributed by atoms with E-state index in [1.165, 1.54) is 12.1 Å². The molecule has 0 aromatic heterocycles. The van der Waals surface area contributed by atoms with Crippen molar-refractivity contribution in [2.45, 2.75) is 32.6 Å². The van der Waals surface area contributed by atoms with Crippen LogP contribution in [0.2, 0.25) is 0 Å². The fourth-order valence-electron chi connectivity index (χ4n) is 3.32. The van der Waals surface area contributed by atoms with Crippen LogP contribution >= 0.6 is 0 Å². The van der Waals surface area contributed by atoms with Crippen molar-refractivity contribution in [2.75, 3.05) is 19.6 Å². The quantitative estimate of drug-likeness (QED) is 0.650. The Bertz CT molecular complexity index is 860. The molecule has 5 nitrogen and oxygen atoms in total. The van der Waals surface area contributed by atoms with Crippen molar-refractivity contribution in [3.63, 3.8) is 0 Å². The molecule has 2 aromatic carbocycles. The van der Waals surface area contributed by atoms with Gasteiger partial charge < -0.3 is 15.0 Å². The van der Waals surface area contributed by atoms with Gasteiger partial charge in [0.25, 0.3) is 0 Å². The van der Waals surface area contributed by atoms with Gasteiger partial charge in [-0.15, -0.1) is 0 Å². The smallest absolute Gasteiger partial charge is 0.194 e. The van der Waals surface area contributed by atoms with Crippen LogP contribution in [-0.4, -0.2) is 36.6 Å². The second kappa shape index (κ2) is 9.34. The fraction of sp³-hybridized carbons (Fsp3) is 0.364. The molecule has 0 bridgehead atoms. The van der Waals surface area contributed by atoms with Crippen LogP contribution in [0.1, 0.15) is 36.6 Å². The van der Waals surface area contributed by atoms with Gasteiger partial charge in [-0.2, -0.15) is 5.26 Å². The lowest BCUT2D eigenvalue weighted by Crippen LogP contribution is -2.50. The van der Waals surface area contributed by atoms with Gasteiger partial charge >= 0.3 is 0 Å². The molecule has 2 aromatic rings. The highest BCUT2D eigenvalue weighted by molar-refractivity contribution is 5.80. The van der Waals surface area contributed by atoms with E-state index in [1.54, 1.807) is 18.2 Å². The van der Waals surface area contributed by atoms with E-state index in [-0.39, 0.29) is 18.0 Å². The largest absolute Gasteiger partial charge is 0.367 e. The molecule has 28 heavy (non-hydrogen) atoms. The van der Waals surface area contributed by atoms with Crippen molar-refractivity contribution in [2.24, 2.45) is 4.99 Å². The van der Waals surface area contributed by atoms with Crippen LogP contribution in [0.4, 0.5) is 4.39 Å². The Kier molecular flexibility index (Phi) is 6.62. The summed E-state index contributed by atoms with van der Waals surface area (Å²) in [5, 5.41) is 12.4. The molecule has 1 N–H and O–H groups in total. The normalized spacial score (nSPS) is 19.9. The van der Waals surface area contributed by atoms with E-state index >= 15 is 0 Å². The average molecular weight is 380 g/mol. The molecule has 0 amide bonds. The number of morpholine rings is 1. The maximum atomic E-state index is 13.3.